The maximum absolute atomic E-state index is 13.1. The number of hydrogen-bond acceptors (Lipinski definition) is 7. The molecule has 0 radical (unpaired) electrons. The average molecular weight is 523 g/mol. The summed E-state index contributed by atoms with van der Waals surface area (Å²) in [6.07, 6.45) is 1.17. The fraction of sp³-hybridized carbons (Fsp3) is 0.308. The molecule has 2 atom stereocenters. The summed E-state index contributed by atoms with van der Waals surface area (Å²) in [5.41, 5.74) is 1.95. The minimum atomic E-state index is -0.519. The van der Waals surface area contributed by atoms with Crippen LogP contribution in [0.2, 0.25) is 5.02 Å². The highest BCUT2D eigenvalue weighted by atomic mass is 35.5. The third kappa shape index (κ3) is 4.77. The summed E-state index contributed by atoms with van der Waals surface area (Å²) in [6, 6.07) is 13.7. The molecule has 4 aromatic rings. The standard InChI is InChI=1S/C26H27ClN6O4/c1-4-36-21-13-10-16(27)14-18(21)24-30-31-25(37-24)20-12-11-19(28-20)23(34)29-22-15(2)32(3)33(26(22)35)17-8-6-5-7-9-17/h5-10,13-14,19-20,28H,4,11-12H2,1-3H3,(H,29,34)/t19-,20+/m0/s1. The van der Waals surface area contributed by atoms with Crippen LogP contribution in [0.4, 0.5) is 5.69 Å². The molecule has 5 rings (SSSR count). The number of para-hydroxylation sites is 1. The highest BCUT2D eigenvalue weighted by molar-refractivity contribution is 6.30. The Labute approximate surface area is 218 Å². The van der Waals surface area contributed by atoms with E-state index < -0.39 is 6.04 Å². The number of aromatic nitrogens is 4. The second kappa shape index (κ2) is 10.2. The smallest absolute Gasteiger partial charge is 0.295 e. The van der Waals surface area contributed by atoms with E-state index in [0.717, 1.165) is 5.69 Å². The lowest BCUT2D eigenvalue weighted by molar-refractivity contribution is -0.117. The van der Waals surface area contributed by atoms with Crippen LogP contribution in [0.1, 0.15) is 37.4 Å². The topological polar surface area (TPSA) is 116 Å². The maximum Gasteiger partial charge on any atom is 0.295 e. The molecule has 1 aliphatic rings. The van der Waals surface area contributed by atoms with Crippen molar-refractivity contribution in [2.45, 2.75) is 38.8 Å². The van der Waals surface area contributed by atoms with E-state index in [4.69, 9.17) is 20.8 Å². The van der Waals surface area contributed by atoms with Crippen LogP contribution in [-0.4, -0.2) is 38.1 Å². The summed E-state index contributed by atoms with van der Waals surface area (Å²) in [5, 5.41) is 15.0. The van der Waals surface area contributed by atoms with E-state index in [0.29, 0.717) is 47.4 Å². The summed E-state index contributed by atoms with van der Waals surface area (Å²) in [4.78, 5) is 26.2. The van der Waals surface area contributed by atoms with Crippen LogP contribution in [0.3, 0.4) is 0 Å². The maximum atomic E-state index is 13.1. The zero-order valence-corrected chi connectivity index (χ0v) is 21.5. The van der Waals surface area contributed by atoms with Crippen molar-refractivity contribution >= 4 is 23.2 Å². The summed E-state index contributed by atoms with van der Waals surface area (Å²) in [5.74, 6) is 0.965. The van der Waals surface area contributed by atoms with Crippen LogP contribution >= 0.6 is 11.6 Å². The Morgan fingerprint density at radius 1 is 1.22 bits per heavy atom. The first-order valence-corrected chi connectivity index (χ1v) is 12.4. The Balaban J connectivity index is 1.31. The number of ether oxygens (including phenoxy) is 1. The Hall–Kier alpha value is -3.89. The minimum Gasteiger partial charge on any atom is -0.493 e. The van der Waals surface area contributed by atoms with Crippen molar-refractivity contribution in [3.8, 4) is 22.9 Å². The second-order valence-electron chi connectivity index (χ2n) is 8.79. The molecule has 192 valence electrons. The lowest BCUT2D eigenvalue weighted by Gasteiger charge is -2.12. The normalized spacial score (nSPS) is 17.2. The molecule has 10 nitrogen and oxygen atoms in total. The van der Waals surface area contributed by atoms with E-state index in [1.807, 2.05) is 37.3 Å². The van der Waals surface area contributed by atoms with Crippen LogP contribution in [0.15, 0.2) is 57.7 Å². The largest absolute Gasteiger partial charge is 0.493 e. The van der Waals surface area contributed by atoms with Gasteiger partial charge in [0.2, 0.25) is 11.8 Å². The summed E-state index contributed by atoms with van der Waals surface area (Å²) in [6.45, 7) is 4.17. The Morgan fingerprint density at radius 2 is 2.00 bits per heavy atom. The van der Waals surface area contributed by atoms with E-state index in [2.05, 4.69) is 20.8 Å². The summed E-state index contributed by atoms with van der Waals surface area (Å²) >= 11 is 6.16. The number of nitrogens with zero attached hydrogens (tertiary/aromatic N) is 4. The number of amides is 1. The van der Waals surface area contributed by atoms with Gasteiger partial charge in [-0.2, -0.15) is 0 Å². The highest BCUT2D eigenvalue weighted by Gasteiger charge is 2.34. The van der Waals surface area contributed by atoms with E-state index in [1.165, 1.54) is 4.68 Å². The van der Waals surface area contributed by atoms with Gasteiger partial charge >= 0.3 is 0 Å². The number of benzene rings is 2. The van der Waals surface area contributed by atoms with Gasteiger partial charge in [0.15, 0.2) is 0 Å². The molecule has 2 aromatic heterocycles. The molecule has 0 aliphatic carbocycles. The van der Waals surface area contributed by atoms with Crippen LogP contribution in [0.5, 0.6) is 5.75 Å². The van der Waals surface area contributed by atoms with Gasteiger partial charge in [0.25, 0.3) is 11.4 Å². The molecule has 0 spiro atoms. The van der Waals surface area contributed by atoms with Crippen molar-refractivity contribution in [3.63, 3.8) is 0 Å². The molecule has 0 bridgehead atoms. The minimum absolute atomic E-state index is 0.256. The molecule has 0 unspecified atom stereocenters. The fourth-order valence-corrected chi connectivity index (χ4v) is 4.67. The Bertz CT molecular complexity index is 1490. The Morgan fingerprint density at radius 3 is 2.76 bits per heavy atom. The van der Waals surface area contributed by atoms with Crippen molar-refractivity contribution in [1.29, 1.82) is 0 Å². The second-order valence-corrected chi connectivity index (χ2v) is 9.23. The highest BCUT2D eigenvalue weighted by Crippen LogP contribution is 2.34. The number of rotatable bonds is 7. The lowest BCUT2D eigenvalue weighted by atomic mass is 10.2. The van der Waals surface area contributed by atoms with Crippen molar-refractivity contribution < 1.29 is 13.9 Å². The fourth-order valence-electron chi connectivity index (χ4n) is 4.50. The van der Waals surface area contributed by atoms with Gasteiger partial charge in [-0.15, -0.1) is 10.2 Å². The van der Waals surface area contributed by atoms with Gasteiger partial charge in [0.1, 0.15) is 11.4 Å². The number of hydrogen-bond donors (Lipinski definition) is 2. The molecule has 0 saturated carbocycles. The van der Waals surface area contributed by atoms with Crippen LogP contribution < -0.4 is 20.9 Å². The molecule has 1 aliphatic heterocycles. The van der Waals surface area contributed by atoms with Crippen molar-refractivity contribution in [2.75, 3.05) is 11.9 Å². The van der Waals surface area contributed by atoms with Gasteiger partial charge in [-0.3, -0.25) is 19.6 Å². The van der Waals surface area contributed by atoms with Gasteiger partial charge in [-0.25, -0.2) is 4.68 Å². The van der Waals surface area contributed by atoms with Gasteiger partial charge in [-0.1, -0.05) is 29.8 Å². The lowest BCUT2D eigenvalue weighted by Crippen LogP contribution is -2.37. The molecule has 11 heteroatoms. The molecule has 2 N–H and O–H groups in total. The first kappa shape index (κ1) is 24.8. The summed E-state index contributed by atoms with van der Waals surface area (Å²) in [7, 11) is 1.79. The first-order valence-electron chi connectivity index (χ1n) is 12.0. The van der Waals surface area contributed by atoms with Crippen molar-refractivity contribution in [1.82, 2.24) is 24.9 Å². The quantitative estimate of drug-likeness (QED) is 0.376. The number of anilines is 1. The molecule has 3 heterocycles. The molecule has 1 saturated heterocycles. The van der Waals surface area contributed by atoms with Crippen LogP contribution in [-0.2, 0) is 11.8 Å². The van der Waals surface area contributed by atoms with Gasteiger partial charge in [-0.05, 0) is 57.0 Å². The van der Waals surface area contributed by atoms with E-state index >= 15 is 0 Å². The number of nitrogens with one attached hydrogen (secondary N) is 2. The zero-order chi connectivity index (χ0) is 26.1. The van der Waals surface area contributed by atoms with Crippen LogP contribution in [0.25, 0.3) is 17.1 Å². The predicted octanol–water partition coefficient (Wildman–Crippen LogP) is 4.02. The zero-order valence-electron chi connectivity index (χ0n) is 20.7. The predicted molar refractivity (Wildman–Crippen MR) is 139 cm³/mol. The molecule has 1 fully saturated rings. The molecule has 37 heavy (non-hydrogen) atoms. The average Bonchev–Trinajstić information content (AvgIpc) is 3.62. The van der Waals surface area contributed by atoms with Crippen molar-refractivity contribution in [2.24, 2.45) is 7.05 Å². The van der Waals surface area contributed by atoms with Gasteiger partial charge < -0.3 is 14.5 Å². The SMILES string of the molecule is CCOc1ccc(Cl)cc1-c1nnc([C@H]2CC[C@@H](C(=O)Nc3c(C)n(C)n(-c4ccccc4)c3=O)N2)o1. The number of carbonyl (C=O) groups excluding carboxylic acids is 1. The molecule has 1 amide bonds. The Kier molecular flexibility index (Phi) is 6.86. The van der Waals surface area contributed by atoms with Gasteiger partial charge in [0, 0.05) is 12.1 Å². The summed E-state index contributed by atoms with van der Waals surface area (Å²) < 4.78 is 14.9. The van der Waals surface area contributed by atoms with Crippen LogP contribution in [0, 0.1) is 6.92 Å². The first-order chi connectivity index (χ1) is 17.9. The van der Waals surface area contributed by atoms with E-state index in [9.17, 15) is 9.59 Å². The number of carbonyl (C=O) groups is 1. The van der Waals surface area contributed by atoms with Gasteiger partial charge in [0.05, 0.1) is 35.6 Å². The van der Waals surface area contributed by atoms with E-state index in [1.54, 1.807) is 36.9 Å². The third-order valence-electron chi connectivity index (χ3n) is 6.48. The molecular formula is C26H27ClN6O4. The molecular weight excluding hydrogens is 496 g/mol. The van der Waals surface area contributed by atoms with E-state index in [-0.39, 0.29) is 29.1 Å². The number of halogens is 1. The van der Waals surface area contributed by atoms with Crippen molar-refractivity contribution in [3.05, 3.63) is 75.5 Å². The third-order valence-corrected chi connectivity index (χ3v) is 6.71. The molecule has 2 aromatic carbocycles. The monoisotopic (exact) mass is 522 g/mol.